The van der Waals surface area contributed by atoms with Gasteiger partial charge in [-0.05, 0) is 12.1 Å². The van der Waals surface area contributed by atoms with E-state index in [0.29, 0.717) is 17.1 Å². The lowest BCUT2D eigenvalue weighted by Crippen LogP contribution is -2.41. The molecule has 0 radical (unpaired) electrons. The van der Waals surface area contributed by atoms with Crippen LogP contribution in [0.25, 0.3) is 0 Å². The second kappa shape index (κ2) is 5.08. The van der Waals surface area contributed by atoms with E-state index in [1.807, 2.05) is 0 Å². The third-order valence-corrected chi connectivity index (χ3v) is 4.68. The van der Waals surface area contributed by atoms with Crippen molar-refractivity contribution in [1.29, 1.82) is 0 Å². The van der Waals surface area contributed by atoms with Crippen LogP contribution in [0.4, 0.5) is 11.4 Å². The highest BCUT2D eigenvalue weighted by Crippen LogP contribution is 2.33. The second-order valence-electron chi connectivity index (χ2n) is 4.30. The highest BCUT2D eigenvalue weighted by Gasteiger charge is 2.26. The van der Waals surface area contributed by atoms with Gasteiger partial charge in [-0.25, -0.2) is 8.42 Å². The number of nitrogens with zero attached hydrogens (tertiary/aromatic N) is 1. The van der Waals surface area contributed by atoms with Crippen molar-refractivity contribution in [2.75, 3.05) is 35.3 Å². The van der Waals surface area contributed by atoms with Gasteiger partial charge in [0.05, 0.1) is 11.4 Å². The van der Waals surface area contributed by atoms with Gasteiger partial charge in [-0.1, -0.05) is 6.92 Å². The molecule has 0 unspecified atom stereocenters. The zero-order valence-electron chi connectivity index (χ0n) is 10.6. The van der Waals surface area contributed by atoms with Gasteiger partial charge in [-0.3, -0.25) is 4.79 Å². The summed E-state index contributed by atoms with van der Waals surface area (Å²) >= 11 is 0. The summed E-state index contributed by atoms with van der Waals surface area (Å²) in [6.07, 6.45) is 0. The Morgan fingerprint density at radius 3 is 2.84 bits per heavy atom. The number of benzene rings is 1. The molecule has 7 heteroatoms. The lowest BCUT2D eigenvalue weighted by atomic mass is 10.2. The Labute approximate surface area is 112 Å². The third-order valence-electron chi connectivity index (χ3n) is 2.99. The van der Waals surface area contributed by atoms with Crippen LogP contribution in [0.2, 0.25) is 0 Å². The minimum absolute atomic E-state index is 0.0565. The number of carbonyl (C=O) groups excluding carboxylic acids is 1. The molecule has 0 saturated carbocycles. The number of carbonyl (C=O) groups is 1. The van der Waals surface area contributed by atoms with E-state index in [1.54, 1.807) is 25.1 Å². The second-order valence-corrected chi connectivity index (χ2v) is 6.77. The van der Waals surface area contributed by atoms with Gasteiger partial charge < -0.3 is 15.4 Å². The van der Waals surface area contributed by atoms with Crippen LogP contribution in [-0.2, 0) is 14.6 Å². The fraction of sp³-hybridized carbons (Fsp3) is 0.417. The van der Waals surface area contributed by atoms with Gasteiger partial charge >= 0.3 is 0 Å². The van der Waals surface area contributed by atoms with Crippen molar-refractivity contribution in [3.8, 4) is 5.75 Å². The molecule has 19 heavy (non-hydrogen) atoms. The van der Waals surface area contributed by atoms with Crippen LogP contribution in [0.15, 0.2) is 18.2 Å². The van der Waals surface area contributed by atoms with Crippen molar-refractivity contribution in [3.63, 3.8) is 0 Å². The van der Waals surface area contributed by atoms with Crippen LogP contribution in [-0.4, -0.2) is 39.0 Å². The SMILES string of the molecule is CCS(=O)(=O)CCN1C(=O)COc2cc(N)ccc21. The summed E-state index contributed by atoms with van der Waals surface area (Å²) in [7, 11) is -3.11. The van der Waals surface area contributed by atoms with Crippen molar-refractivity contribution >= 4 is 27.1 Å². The van der Waals surface area contributed by atoms with Gasteiger partial charge in [0, 0.05) is 24.1 Å². The fourth-order valence-corrected chi connectivity index (χ4v) is 2.59. The van der Waals surface area contributed by atoms with Gasteiger partial charge in [0.1, 0.15) is 5.75 Å². The molecular weight excluding hydrogens is 268 g/mol. The minimum atomic E-state index is -3.11. The Morgan fingerprint density at radius 2 is 2.16 bits per heavy atom. The summed E-state index contributed by atoms with van der Waals surface area (Å²) in [5.74, 6) is 0.274. The maximum absolute atomic E-state index is 11.8. The number of nitrogen functional groups attached to an aromatic ring is 1. The molecule has 0 saturated heterocycles. The molecule has 1 heterocycles. The first-order valence-electron chi connectivity index (χ1n) is 5.96. The Balaban J connectivity index is 2.24. The zero-order valence-corrected chi connectivity index (χ0v) is 11.4. The number of nitrogens with two attached hydrogens (primary N) is 1. The number of sulfone groups is 1. The fourth-order valence-electron chi connectivity index (χ4n) is 1.84. The van der Waals surface area contributed by atoms with Gasteiger partial charge in [-0.15, -0.1) is 0 Å². The van der Waals surface area contributed by atoms with E-state index in [1.165, 1.54) is 4.90 Å². The summed E-state index contributed by atoms with van der Waals surface area (Å²) < 4.78 is 28.3. The predicted octanol–water partition coefficient (Wildman–Crippen LogP) is 0.429. The number of fused-ring (bicyclic) bond motifs is 1. The van der Waals surface area contributed by atoms with E-state index in [2.05, 4.69) is 0 Å². The van der Waals surface area contributed by atoms with Gasteiger partial charge in [0.25, 0.3) is 5.91 Å². The Kier molecular flexibility index (Phi) is 3.66. The minimum Gasteiger partial charge on any atom is -0.481 e. The maximum Gasteiger partial charge on any atom is 0.265 e. The smallest absolute Gasteiger partial charge is 0.265 e. The number of hydrogen-bond acceptors (Lipinski definition) is 5. The predicted molar refractivity (Wildman–Crippen MR) is 73.0 cm³/mol. The molecule has 0 aromatic heterocycles. The standard InChI is InChI=1S/C12H16N2O4S/c1-2-19(16,17)6-5-14-10-4-3-9(13)7-11(10)18-8-12(14)15/h3-4,7H,2,5-6,8,13H2,1H3. The lowest BCUT2D eigenvalue weighted by Gasteiger charge is -2.29. The number of anilines is 2. The van der Waals surface area contributed by atoms with Gasteiger partial charge in [-0.2, -0.15) is 0 Å². The largest absolute Gasteiger partial charge is 0.481 e. The topological polar surface area (TPSA) is 89.7 Å². The third kappa shape index (κ3) is 2.98. The quantitative estimate of drug-likeness (QED) is 0.810. The zero-order chi connectivity index (χ0) is 14.0. The molecule has 2 N–H and O–H groups in total. The van der Waals surface area contributed by atoms with Gasteiger partial charge in [0.15, 0.2) is 16.4 Å². The highest BCUT2D eigenvalue weighted by atomic mass is 32.2. The summed E-state index contributed by atoms with van der Waals surface area (Å²) in [6.45, 7) is 1.63. The first kappa shape index (κ1) is 13.7. The summed E-state index contributed by atoms with van der Waals surface area (Å²) in [4.78, 5) is 13.3. The van der Waals surface area contributed by atoms with Crippen LogP contribution in [0.1, 0.15) is 6.92 Å². The number of ether oxygens (including phenoxy) is 1. The molecule has 2 rings (SSSR count). The molecule has 0 aliphatic carbocycles. The van der Waals surface area contributed by atoms with Crippen LogP contribution >= 0.6 is 0 Å². The first-order valence-corrected chi connectivity index (χ1v) is 7.78. The Hall–Kier alpha value is -1.76. The number of rotatable bonds is 4. The average Bonchev–Trinajstić information content (AvgIpc) is 2.38. The molecule has 0 atom stereocenters. The van der Waals surface area contributed by atoms with Gasteiger partial charge in [0.2, 0.25) is 0 Å². The van der Waals surface area contributed by atoms with E-state index in [-0.39, 0.29) is 30.6 Å². The Bertz CT molecular complexity index is 598. The molecule has 104 valence electrons. The van der Waals surface area contributed by atoms with E-state index < -0.39 is 9.84 Å². The molecule has 0 fully saturated rings. The number of amides is 1. The molecule has 1 aromatic carbocycles. The molecule has 1 aromatic rings. The molecule has 0 spiro atoms. The highest BCUT2D eigenvalue weighted by molar-refractivity contribution is 7.91. The van der Waals surface area contributed by atoms with Crippen LogP contribution in [0.5, 0.6) is 5.75 Å². The Morgan fingerprint density at radius 1 is 1.42 bits per heavy atom. The van der Waals surface area contributed by atoms with Crippen molar-refractivity contribution in [2.24, 2.45) is 0 Å². The van der Waals surface area contributed by atoms with Crippen molar-refractivity contribution < 1.29 is 17.9 Å². The summed E-state index contributed by atoms with van der Waals surface area (Å²) in [5.41, 5.74) is 6.75. The van der Waals surface area contributed by atoms with Crippen LogP contribution in [0.3, 0.4) is 0 Å². The molecule has 6 nitrogen and oxygen atoms in total. The van der Waals surface area contributed by atoms with Crippen LogP contribution in [0, 0.1) is 0 Å². The molecular formula is C12H16N2O4S. The molecule has 1 amide bonds. The average molecular weight is 284 g/mol. The normalized spacial score (nSPS) is 15.0. The molecule has 1 aliphatic rings. The van der Waals surface area contributed by atoms with E-state index in [0.717, 1.165) is 0 Å². The summed E-state index contributed by atoms with van der Waals surface area (Å²) in [5, 5.41) is 0. The lowest BCUT2D eigenvalue weighted by molar-refractivity contribution is -0.121. The monoisotopic (exact) mass is 284 g/mol. The van der Waals surface area contributed by atoms with Crippen molar-refractivity contribution in [1.82, 2.24) is 0 Å². The first-order chi connectivity index (χ1) is 8.93. The van der Waals surface area contributed by atoms with Crippen LogP contribution < -0.4 is 15.4 Å². The molecule has 0 bridgehead atoms. The van der Waals surface area contributed by atoms with Crippen molar-refractivity contribution in [3.05, 3.63) is 18.2 Å². The molecule has 1 aliphatic heterocycles. The van der Waals surface area contributed by atoms with E-state index >= 15 is 0 Å². The van der Waals surface area contributed by atoms with E-state index in [9.17, 15) is 13.2 Å². The van der Waals surface area contributed by atoms with Crippen molar-refractivity contribution in [2.45, 2.75) is 6.92 Å². The number of hydrogen-bond donors (Lipinski definition) is 1. The maximum atomic E-state index is 11.8. The summed E-state index contributed by atoms with van der Waals surface area (Å²) in [6, 6.07) is 4.95. The van der Waals surface area contributed by atoms with E-state index in [4.69, 9.17) is 10.5 Å².